The van der Waals surface area contributed by atoms with Gasteiger partial charge in [0.15, 0.2) is 5.78 Å². The van der Waals surface area contributed by atoms with Crippen molar-refractivity contribution in [2.24, 2.45) is 11.8 Å². The first-order valence-electron chi connectivity index (χ1n) is 10.0. The van der Waals surface area contributed by atoms with Crippen molar-refractivity contribution < 1.29 is 19.1 Å². The van der Waals surface area contributed by atoms with E-state index in [9.17, 15) is 14.4 Å². The van der Waals surface area contributed by atoms with E-state index in [1.165, 1.54) is 16.2 Å². The maximum absolute atomic E-state index is 13.6. The van der Waals surface area contributed by atoms with Gasteiger partial charge < -0.3 is 9.64 Å². The molecule has 0 aliphatic carbocycles. The van der Waals surface area contributed by atoms with Crippen LogP contribution in [0.2, 0.25) is 0 Å². The van der Waals surface area contributed by atoms with Crippen LogP contribution in [-0.2, 0) is 14.3 Å². The summed E-state index contributed by atoms with van der Waals surface area (Å²) in [4.78, 5) is 44.2. The van der Waals surface area contributed by atoms with E-state index in [4.69, 9.17) is 4.74 Å². The number of benzene rings is 1. The Bertz CT molecular complexity index is 1060. The lowest BCUT2D eigenvalue weighted by Crippen LogP contribution is -2.49. The summed E-state index contributed by atoms with van der Waals surface area (Å²) in [6.07, 6.45) is 2.05. The molecular weight excluding hydrogens is 400 g/mol. The third-order valence-electron chi connectivity index (χ3n) is 6.40. The number of hydrogen-bond acceptors (Lipinski definition) is 6. The van der Waals surface area contributed by atoms with E-state index >= 15 is 0 Å². The van der Waals surface area contributed by atoms with Crippen LogP contribution < -0.4 is 4.90 Å². The first kappa shape index (κ1) is 19.2. The van der Waals surface area contributed by atoms with Crippen LogP contribution in [0.1, 0.15) is 22.2 Å². The molecule has 2 fully saturated rings. The molecule has 1 aromatic carbocycles. The van der Waals surface area contributed by atoms with E-state index in [2.05, 4.69) is 0 Å². The summed E-state index contributed by atoms with van der Waals surface area (Å²) in [5.41, 5.74) is 3.01. The maximum atomic E-state index is 13.6. The summed E-state index contributed by atoms with van der Waals surface area (Å²) in [5.74, 6) is -1.83. The predicted octanol–water partition coefficient (Wildman–Crippen LogP) is 2.85. The molecule has 0 N–H and O–H groups in total. The molecule has 2 saturated heterocycles. The van der Waals surface area contributed by atoms with E-state index < -0.39 is 17.9 Å². The second-order valence-electron chi connectivity index (χ2n) is 7.92. The molecule has 3 aliphatic rings. The van der Waals surface area contributed by atoms with Crippen LogP contribution in [0.3, 0.4) is 0 Å². The highest BCUT2D eigenvalue weighted by molar-refractivity contribution is 7.12. The molecule has 0 radical (unpaired) electrons. The number of thiophene rings is 1. The van der Waals surface area contributed by atoms with Crippen molar-refractivity contribution in [2.75, 3.05) is 25.2 Å². The number of fused-ring (bicyclic) bond motifs is 5. The summed E-state index contributed by atoms with van der Waals surface area (Å²) in [6, 6.07) is 10.5. The fourth-order valence-corrected chi connectivity index (χ4v) is 5.82. The fraction of sp³-hybridized carbons (Fsp3) is 0.348. The first-order chi connectivity index (χ1) is 14.5. The molecule has 30 heavy (non-hydrogen) atoms. The maximum Gasteiger partial charge on any atom is 0.235 e. The molecule has 7 heteroatoms. The molecule has 0 unspecified atom stereocenters. The highest BCUT2D eigenvalue weighted by Gasteiger charge is 2.64. The minimum Gasteiger partial charge on any atom is -0.383 e. The molecule has 154 valence electrons. The molecule has 2 aromatic rings. The molecule has 0 spiro atoms. The Kier molecular flexibility index (Phi) is 4.60. The number of nitrogens with zero attached hydrogens (tertiary/aromatic N) is 2. The fourth-order valence-electron chi connectivity index (χ4n) is 5.13. The molecule has 0 bridgehead atoms. The molecular formula is C23H22N2O4S. The van der Waals surface area contributed by atoms with E-state index in [1.807, 2.05) is 53.6 Å². The highest BCUT2D eigenvalue weighted by atomic mass is 32.1. The number of para-hydroxylation sites is 1. The van der Waals surface area contributed by atoms with Gasteiger partial charge in [-0.2, -0.15) is 0 Å². The Morgan fingerprint density at radius 2 is 1.87 bits per heavy atom. The van der Waals surface area contributed by atoms with Crippen LogP contribution in [0.5, 0.6) is 0 Å². The summed E-state index contributed by atoms with van der Waals surface area (Å²) in [5, 5.41) is 1.86. The second-order valence-corrected chi connectivity index (χ2v) is 8.87. The van der Waals surface area contributed by atoms with Crippen molar-refractivity contribution in [1.29, 1.82) is 0 Å². The third kappa shape index (κ3) is 2.62. The molecule has 5 rings (SSSR count). The number of imide groups is 1. The van der Waals surface area contributed by atoms with Gasteiger partial charge in [-0.05, 0) is 30.0 Å². The van der Waals surface area contributed by atoms with Crippen molar-refractivity contribution in [3.05, 3.63) is 58.3 Å². The van der Waals surface area contributed by atoms with Gasteiger partial charge >= 0.3 is 0 Å². The van der Waals surface area contributed by atoms with E-state index in [0.717, 1.165) is 16.8 Å². The zero-order chi connectivity index (χ0) is 21.0. The molecule has 1 aromatic heterocycles. The number of rotatable bonds is 5. The van der Waals surface area contributed by atoms with E-state index in [1.54, 1.807) is 13.2 Å². The van der Waals surface area contributed by atoms with E-state index in [0.29, 0.717) is 4.88 Å². The number of Topliss-reactive ketones (excluding diaryl/α,β-unsaturated/α-hetero) is 1. The van der Waals surface area contributed by atoms with Gasteiger partial charge in [-0.1, -0.05) is 30.3 Å². The Morgan fingerprint density at radius 1 is 1.10 bits per heavy atom. The topological polar surface area (TPSA) is 66.9 Å². The Labute approximate surface area is 178 Å². The molecule has 4 heterocycles. The third-order valence-corrected chi connectivity index (χ3v) is 7.28. The number of ether oxygens (including phenoxy) is 1. The zero-order valence-electron chi connectivity index (χ0n) is 16.8. The van der Waals surface area contributed by atoms with Crippen LogP contribution in [0.15, 0.2) is 47.9 Å². The Hall–Kier alpha value is -2.77. The number of allylic oxidation sites excluding steroid dienone is 1. The number of anilines is 1. The number of ketones is 1. The zero-order valence-corrected chi connectivity index (χ0v) is 17.6. The van der Waals surface area contributed by atoms with Crippen molar-refractivity contribution >= 4 is 40.2 Å². The largest absolute Gasteiger partial charge is 0.383 e. The summed E-state index contributed by atoms with van der Waals surface area (Å²) >= 11 is 1.37. The highest BCUT2D eigenvalue weighted by Crippen LogP contribution is 2.50. The van der Waals surface area contributed by atoms with Crippen LogP contribution in [0.25, 0.3) is 5.57 Å². The summed E-state index contributed by atoms with van der Waals surface area (Å²) in [7, 11) is 1.54. The number of methoxy groups -OCH3 is 1. The lowest BCUT2D eigenvalue weighted by Gasteiger charge is -2.37. The van der Waals surface area contributed by atoms with Gasteiger partial charge in [0.2, 0.25) is 11.8 Å². The number of hydrogen-bond donors (Lipinski definition) is 0. The number of carbonyl (C=O) groups excluding carboxylic acids is 3. The lowest BCUT2D eigenvalue weighted by molar-refractivity contribution is -0.141. The van der Waals surface area contributed by atoms with Crippen LogP contribution in [-0.4, -0.2) is 54.8 Å². The van der Waals surface area contributed by atoms with Gasteiger partial charge in [0, 0.05) is 18.4 Å². The van der Waals surface area contributed by atoms with Crippen LogP contribution >= 0.6 is 11.3 Å². The van der Waals surface area contributed by atoms with Crippen molar-refractivity contribution in [3.8, 4) is 0 Å². The quantitative estimate of drug-likeness (QED) is 0.548. The first-order valence-corrected chi connectivity index (χ1v) is 10.9. The smallest absolute Gasteiger partial charge is 0.235 e. The van der Waals surface area contributed by atoms with Gasteiger partial charge in [0.25, 0.3) is 0 Å². The van der Waals surface area contributed by atoms with Crippen molar-refractivity contribution in [2.45, 2.75) is 19.0 Å². The van der Waals surface area contributed by atoms with Gasteiger partial charge in [-0.25, -0.2) is 0 Å². The SMILES string of the molecule is COCCN1C(=O)[C@@H]2[C@@H](C1=O)[C@H](C(=O)c1cccs1)N1c3ccccc3C(C)=C[C@H]21. The Balaban J connectivity index is 1.65. The van der Waals surface area contributed by atoms with Crippen molar-refractivity contribution in [1.82, 2.24) is 4.90 Å². The molecule has 6 nitrogen and oxygen atoms in total. The predicted molar refractivity (Wildman–Crippen MR) is 114 cm³/mol. The minimum atomic E-state index is -0.701. The summed E-state index contributed by atoms with van der Waals surface area (Å²) in [6.45, 7) is 2.52. The van der Waals surface area contributed by atoms with Gasteiger partial charge in [-0.3, -0.25) is 19.3 Å². The molecule has 4 atom stereocenters. The van der Waals surface area contributed by atoms with Crippen LogP contribution in [0, 0.1) is 11.8 Å². The minimum absolute atomic E-state index is 0.0972. The average Bonchev–Trinajstić information content (AvgIpc) is 3.44. The monoisotopic (exact) mass is 422 g/mol. The van der Waals surface area contributed by atoms with E-state index in [-0.39, 0.29) is 36.8 Å². The second kappa shape index (κ2) is 7.18. The lowest BCUT2D eigenvalue weighted by atomic mass is 9.86. The molecule has 3 aliphatic heterocycles. The van der Waals surface area contributed by atoms with Gasteiger partial charge in [-0.15, -0.1) is 11.3 Å². The van der Waals surface area contributed by atoms with Crippen molar-refractivity contribution in [3.63, 3.8) is 0 Å². The Morgan fingerprint density at radius 3 is 2.60 bits per heavy atom. The number of carbonyl (C=O) groups is 3. The molecule has 2 amide bonds. The average molecular weight is 423 g/mol. The summed E-state index contributed by atoms with van der Waals surface area (Å²) < 4.78 is 5.09. The van der Waals surface area contributed by atoms with Gasteiger partial charge in [0.1, 0.15) is 6.04 Å². The number of amides is 2. The van der Waals surface area contributed by atoms with Crippen LogP contribution in [0.4, 0.5) is 5.69 Å². The van der Waals surface area contributed by atoms with Gasteiger partial charge in [0.05, 0.1) is 35.9 Å². The standard InChI is InChI=1S/C23H22N2O4S/c1-13-12-16-18-19(23(28)24(22(18)27)9-10-29-2)20(21(26)17-8-5-11-30-17)25(16)15-7-4-3-6-14(13)15/h3-8,11-12,16,18-20H,9-10H2,1-2H3/t16-,18+,19-,20-/m1/s1. The normalized spacial score (nSPS) is 27.1. The molecule has 0 saturated carbocycles. The number of likely N-dealkylation sites (tertiary alicyclic amines) is 1.